The molecular weight excluding hydrogens is 365 g/mol. The van der Waals surface area contributed by atoms with E-state index in [2.05, 4.69) is 95.0 Å². The molecule has 0 radical (unpaired) electrons. The van der Waals surface area contributed by atoms with Crippen LogP contribution >= 0.6 is 42.6 Å². The molecule has 0 atom stereocenters. The lowest BCUT2D eigenvalue weighted by molar-refractivity contribution is 2.02. The van der Waals surface area contributed by atoms with Gasteiger partial charge >= 0.3 is 0 Å². The van der Waals surface area contributed by atoms with Crippen LogP contribution in [0, 0.1) is 0 Å². The largest absolute Gasteiger partial charge is 0.197 e. The summed E-state index contributed by atoms with van der Waals surface area (Å²) in [4.78, 5) is 0. The van der Waals surface area contributed by atoms with Crippen molar-refractivity contribution in [2.24, 2.45) is 0 Å². The van der Waals surface area contributed by atoms with E-state index in [0.717, 1.165) is 0 Å². The molecule has 0 aromatic carbocycles. The molecule has 0 N–H and O–H groups in total. The minimum Gasteiger partial charge on any atom is -0.197 e. The predicted octanol–water partition coefficient (Wildman–Crippen LogP) is 5.36. The van der Waals surface area contributed by atoms with Crippen LogP contribution in [0.2, 0.25) is 52.4 Å². The maximum atomic E-state index is 2.73. The van der Waals surface area contributed by atoms with Crippen molar-refractivity contribution in [1.82, 2.24) is 0 Å². The third kappa shape index (κ3) is 2.54. The second-order valence-corrected chi connectivity index (χ2v) is 74.7. The smallest absolute Gasteiger partial charge is 0.167 e. The van der Waals surface area contributed by atoms with Gasteiger partial charge in [0.1, 0.15) is 13.5 Å². The van der Waals surface area contributed by atoms with Gasteiger partial charge in [-0.1, -0.05) is 52.4 Å². The molecule has 2 aliphatic rings. The standard InChI is InChI=1S/C8H24S4Si5/c1-13(2)9-15(5,6)17(11-13)12-14(3,4)10-16(17,7)8/h1-8H3. The van der Waals surface area contributed by atoms with Crippen LogP contribution in [0.3, 0.4) is 0 Å². The Hall–Kier alpha value is 2.48. The van der Waals surface area contributed by atoms with Crippen LogP contribution in [-0.2, 0) is 0 Å². The zero-order chi connectivity index (χ0) is 13.3. The van der Waals surface area contributed by atoms with Gasteiger partial charge < -0.3 is 0 Å². The van der Waals surface area contributed by atoms with E-state index in [9.17, 15) is 0 Å². The molecule has 0 aliphatic carbocycles. The van der Waals surface area contributed by atoms with Crippen molar-refractivity contribution in [3.63, 3.8) is 0 Å². The van der Waals surface area contributed by atoms with Crippen LogP contribution in [0.15, 0.2) is 0 Å². The zero-order valence-corrected chi connectivity index (χ0v) is 20.4. The molecule has 2 heterocycles. The van der Waals surface area contributed by atoms with E-state index >= 15 is 0 Å². The topological polar surface area (TPSA) is 0 Å². The first-order chi connectivity index (χ1) is 7.33. The summed E-state index contributed by atoms with van der Waals surface area (Å²) in [5.74, 6) is 0. The molecule has 0 bridgehead atoms. The van der Waals surface area contributed by atoms with Crippen molar-refractivity contribution in [1.29, 1.82) is 0 Å². The van der Waals surface area contributed by atoms with Crippen molar-refractivity contribution in [3.05, 3.63) is 0 Å². The molecule has 1 spiro atoms. The van der Waals surface area contributed by atoms with Crippen LogP contribution in [0.5, 0.6) is 0 Å². The van der Waals surface area contributed by atoms with E-state index < -0.39 is 31.6 Å². The minimum absolute atomic E-state index is 0.985. The number of hydrogen-bond acceptors (Lipinski definition) is 4. The SMILES string of the molecule is C[Si]1(C)S[Si](C)(C)[Si]2(S1)S[Si](C)(C)S[Si]2(C)C. The second-order valence-electron chi connectivity index (χ2n) is 6.85. The molecule has 0 unspecified atom stereocenters. The molecule has 0 aromatic rings. The summed E-state index contributed by atoms with van der Waals surface area (Å²) in [7, 11) is 10.4. The van der Waals surface area contributed by atoms with Gasteiger partial charge in [-0.2, -0.15) is 42.6 Å². The molecule has 2 aliphatic heterocycles. The monoisotopic (exact) mass is 388 g/mol. The molecule has 17 heavy (non-hydrogen) atoms. The quantitative estimate of drug-likeness (QED) is 0.512. The Bertz CT molecular complexity index is 320. The first-order valence-electron chi connectivity index (χ1n) is 6.13. The van der Waals surface area contributed by atoms with Gasteiger partial charge in [0, 0.05) is 0 Å². The van der Waals surface area contributed by atoms with Gasteiger partial charge in [0.05, 0.1) is 0 Å². The Morgan fingerprint density at radius 3 is 0.941 bits per heavy atom. The average molecular weight is 389 g/mol. The summed E-state index contributed by atoms with van der Waals surface area (Å²) >= 11 is 0. The Labute approximate surface area is 125 Å². The maximum Gasteiger partial charge on any atom is 0.167 e. The fourth-order valence-electron chi connectivity index (χ4n) is 3.33. The van der Waals surface area contributed by atoms with E-state index in [1.165, 1.54) is 0 Å². The summed E-state index contributed by atoms with van der Waals surface area (Å²) in [5.41, 5.74) is 0. The van der Waals surface area contributed by atoms with E-state index in [0.29, 0.717) is 0 Å². The number of rotatable bonds is 0. The molecule has 9 heteroatoms. The zero-order valence-electron chi connectivity index (χ0n) is 12.1. The highest BCUT2D eigenvalue weighted by atomic mass is 32.9. The van der Waals surface area contributed by atoms with Gasteiger partial charge in [-0.25, -0.2) is 0 Å². The van der Waals surface area contributed by atoms with Crippen LogP contribution in [0.4, 0.5) is 0 Å². The van der Waals surface area contributed by atoms with Crippen molar-refractivity contribution in [2.75, 3.05) is 0 Å². The lowest BCUT2D eigenvalue weighted by atomic mass is 11.9. The summed E-state index contributed by atoms with van der Waals surface area (Å²) in [6, 6.07) is 0. The van der Waals surface area contributed by atoms with E-state index in [4.69, 9.17) is 0 Å². The maximum absolute atomic E-state index is 2.73. The molecule has 0 nitrogen and oxygen atoms in total. The van der Waals surface area contributed by atoms with Gasteiger partial charge in [0.15, 0.2) is 18.2 Å². The first kappa shape index (κ1) is 15.9. The lowest BCUT2D eigenvalue weighted by Crippen LogP contribution is -2.62. The Morgan fingerprint density at radius 1 is 0.471 bits per heavy atom. The Kier molecular flexibility index (Phi) is 3.96. The van der Waals surface area contributed by atoms with E-state index in [1.807, 2.05) is 0 Å². The Morgan fingerprint density at radius 2 is 0.765 bits per heavy atom. The normalized spacial score (nSPS) is 35.3. The van der Waals surface area contributed by atoms with Crippen LogP contribution in [-0.4, -0.2) is 31.6 Å². The summed E-state index contributed by atoms with van der Waals surface area (Å²) in [5, 5.41) is -1.03. The van der Waals surface area contributed by atoms with E-state index in [1.54, 1.807) is 0 Å². The van der Waals surface area contributed by atoms with Crippen LogP contribution in [0.25, 0.3) is 0 Å². The first-order valence-corrected chi connectivity index (χ1v) is 31.2. The fourth-order valence-corrected chi connectivity index (χ4v) is 274. The predicted molar refractivity (Wildman–Crippen MR) is 106 cm³/mol. The van der Waals surface area contributed by atoms with Crippen molar-refractivity contribution in [3.8, 4) is 0 Å². The molecule has 100 valence electrons. The van der Waals surface area contributed by atoms with Crippen molar-refractivity contribution >= 4 is 74.3 Å². The third-order valence-electron chi connectivity index (χ3n) is 3.37. The molecular formula is C8H24S4Si5. The van der Waals surface area contributed by atoms with E-state index in [-0.39, 0.29) is 0 Å². The summed E-state index contributed by atoms with van der Waals surface area (Å²) in [6.45, 7) is 19.4. The highest BCUT2D eigenvalue weighted by molar-refractivity contribution is 9.11. The summed E-state index contributed by atoms with van der Waals surface area (Å²) < 4.78 is 0. The molecule has 2 rings (SSSR count). The van der Waals surface area contributed by atoms with Crippen LogP contribution in [0.1, 0.15) is 0 Å². The second kappa shape index (κ2) is 4.25. The fraction of sp³-hybridized carbons (Fsp3) is 1.00. The van der Waals surface area contributed by atoms with Crippen molar-refractivity contribution < 1.29 is 0 Å². The van der Waals surface area contributed by atoms with Crippen LogP contribution < -0.4 is 0 Å². The molecule has 2 saturated heterocycles. The van der Waals surface area contributed by atoms with Gasteiger partial charge in [0.2, 0.25) is 0 Å². The molecule has 0 amide bonds. The van der Waals surface area contributed by atoms with Crippen molar-refractivity contribution in [2.45, 2.75) is 52.4 Å². The number of hydrogen-bond donors (Lipinski definition) is 0. The third-order valence-corrected chi connectivity index (χ3v) is 135. The van der Waals surface area contributed by atoms with Gasteiger partial charge in [-0.3, -0.25) is 0 Å². The highest BCUT2D eigenvalue weighted by Gasteiger charge is 2.74. The lowest BCUT2D eigenvalue weighted by Gasteiger charge is -2.40. The van der Waals surface area contributed by atoms with Gasteiger partial charge in [-0.05, 0) is 0 Å². The summed E-state index contributed by atoms with van der Waals surface area (Å²) in [6.07, 6.45) is -1.97. The Balaban J connectivity index is 2.50. The van der Waals surface area contributed by atoms with Gasteiger partial charge in [-0.15, -0.1) is 0 Å². The molecule has 0 saturated carbocycles. The van der Waals surface area contributed by atoms with Gasteiger partial charge in [0.25, 0.3) is 0 Å². The molecule has 0 aromatic heterocycles. The molecule has 2 fully saturated rings. The highest BCUT2D eigenvalue weighted by Crippen LogP contribution is 2.71. The minimum atomic E-state index is -1.03. The average Bonchev–Trinajstić information content (AvgIpc) is 2.22.